The van der Waals surface area contributed by atoms with Gasteiger partial charge in [-0.2, -0.15) is 0 Å². The third-order valence-corrected chi connectivity index (χ3v) is 1.98. The number of hydrogen-bond donors (Lipinski definition) is 1. The summed E-state index contributed by atoms with van der Waals surface area (Å²) >= 11 is 0. The number of hydrogen-bond acceptors (Lipinski definition) is 4. The molecule has 0 aliphatic rings. The molecule has 0 aliphatic heterocycles. The highest BCUT2D eigenvalue weighted by molar-refractivity contribution is 5.10. The van der Waals surface area contributed by atoms with Crippen LogP contribution in [0, 0.1) is 5.92 Å². The minimum absolute atomic E-state index is 0.302. The molecule has 0 amide bonds. The maximum Gasteiger partial charge on any atom is 0.155 e. The van der Waals surface area contributed by atoms with E-state index in [0.717, 1.165) is 6.42 Å². The van der Waals surface area contributed by atoms with Gasteiger partial charge in [0.15, 0.2) is 5.75 Å². The van der Waals surface area contributed by atoms with Crippen LogP contribution >= 0.6 is 0 Å². The molecule has 1 heterocycles. The summed E-state index contributed by atoms with van der Waals surface area (Å²) in [5.74, 6) is 1.23. The topological polar surface area (TPSA) is 61.0 Å². The molecule has 0 fully saturated rings. The summed E-state index contributed by atoms with van der Waals surface area (Å²) in [5, 5.41) is 0. The van der Waals surface area contributed by atoms with E-state index in [1.165, 1.54) is 6.33 Å². The normalized spacial score (nSPS) is 15.0. The molecule has 1 aromatic rings. The minimum atomic E-state index is -0.302. The molecule has 0 radical (unpaired) electrons. The Morgan fingerprint density at radius 2 is 2.00 bits per heavy atom. The average molecular weight is 209 g/mol. The average Bonchev–Trinajstić information content (AvgIpc) is 2.15. The van der Waals surface area contributed by atoms with Gasteiger partial charge in [0.1, 0.15) is 12.9 Å². The first-order valence-electron chi connectivity index (χ1n) is 5.16. The standard InChI is InChI=1S/C11H19N3O/c1-9(2)4-11(3,12)7-15-10-5-13-8-14-6-10/h5-6,8-9H,4,7,12H2,1-3H3. The Balaban J connectivity index is 2.42. The summed E-state index contributed by atoms with van der Waals surface area (Å²) < 4.78 is 5.52. The van der Waals surface area contributed by atoms with Crippen molar-refractivity contribution in [1.82, 2.24) is 9.97 Å². The Kier molecular flexibility index (Phi) is 4.03. The van der Waals surface area contributed by atoms with Crippen molar-refractivity contribution in [3.63, 3.8) is 0 Å². The summed E-state index contributed by atoms with van der Waals surface area (Å²) in [6.45, 7) is 6.78. The van der Waals surface area contributed by atoms with E-state index in [4.69, 9.17) is 10.5 Å². The maximum absolute atomic E-state index is 6.10. The second-order valence-corrected chi connectivity index (χ2v) is 4.61. The molecule has 0 saturated heterocycles. The fraction of sp³-hybridized carbons (Fsp3) is 0.636. The van der Waals surface area contributed by atoms with E-state index in [2.05, 4.69) is 23.8 Å². The summed E-state index contributed by atoms with van der Waals surface area (Å²) in [6, 6.07) is 0. The molecule has 0 aliphatic carbocycles. The molecule has 4 heteroatoms. The predicted octanol–water partition coefficient (Wildman–Crippen LogP) is 1.62. The van der Waals surface area contributed by atoms with Crippen LogP contribution in [0.1, 0.15) is 27.2 Å². The molecule has 0 bridgehead atoms. The highest BCUT2D eigenvalue weighted by Gasteiger charge is 2.20. The Hall–Kier alpha value is -1.16. The highest BCUT2D eigenvalue weighted by atomic mass is 16.5. The molecule has 1 rings (SSSR count). The first-order chi connectivity index (χ1) is 6.99. The van der Waals surface area contributed by atoms with Crippen LogP contribution in [0.2, 0.25) is 0 Å². The van der Waals surface area contributed by atoms with Crippen molar-refractivity contribution < 1.29 is 4.74 Å². The van der Waals surface area contributed by atoms with Gasteiger partial charge in [-0.15, -0.1) is 0 Å². The second kappa shape index (κ2) is 5.07. The lowest BCUT2D eigenvalue weighted by atomic mass is 9.93. The second-order valence-electron chi connectivity index (χ2n) is 4.61. The third-order valence-electron chi connectivity index (χ3n) is 1.98. The quantitative estimate of drug-likeness (QED) is 0.800. The zero-order chi connectivity index (χ0) is 11.3. The lowest BCUT2D eigenvalue weighted by Gasteiger charge is -2.26. The fourth-order valence-corrected chi connectivity index (χ4v) is 1.60. The van der Waals surface area contributed by atoms with Crippen LogP contribution in [0.15, 0.2) is 18.7 Å². The molecule has 15 heavy (non-hydrogen) atoms. The molecular weight excluding hydrogens is 190 g/mol. The van der Waals surface area contributed by atoms with E-state index in [0.29, 0.717) is 18.3 Å². The van der Waals surface area contributed by atoms with Crippen molar-refractivity contribution in [1.29, 1.82) is 0 Å². The number of nitrogens with two attached hydrogens (primary N) is 1. The van der Waals surface area contributed by atoms with Crippen molar-refractivity contribution in [2.45, 2.75) is 32.7 Å². The van der Waals surface area contributed by atoms with E-state index >= 15 is 0 Å². The molecule has 0 aromatic carbocycles. The van der Waals surface area contributed by atoms with E-state index in [1.807, 2.05) is 6.92 Å². The summed E-state index contributed by atoms with van der Waals surface area (Å²) in [7, 11) is 0. The number of rotatable bonds is 5. The third kappa shape index (κ3) is 4.74. The van der Waals surface area contributed by atoms with Crippen LogP contribution in [0.4, 0.5) is 0 Å². The van der Waals surface area contributed by atoms with Gasteiger partial charge in [-0.05, 0) is 19.3 Å². The van der Waals surface area contributed by atoms with Gasteiger partial charge in [-0.25, -0.2) is 9.97 Å². The van der Waals surface area contributed by atoms with Gasteiger partial charge < -0.3 is 10.5 Å². The van der Waals surface area contributed by atoms with Gasteiger partial charge in [0, 0.05) is 5.54 Å². The Bertz CT molecular complexity index is 285. The first-order valence-corrected chi connectivity index (χ1v) is 5.16. The van der Waals surface area contributed by atoms with Crippen molar-refractivity contribution >= 4 is 0 Å². The van der Waals surface area contributed by atoms with Crippen LogP contribution < -0.4 is 10.5 Å². The zero-order valence-electron chi connectivity index (χ0n) is 9.60. The largest absolute Gasteiger partial charge is 0.488 e. The van der Waals surface area contributed by atoms with Crippen LogP contribution in [0.5, 0.6) is 5.75 Å². The van der Waals surface area contributed by atoms with Gasteiger partial charge in [0.05, 0.1) is 12.4 Å². The van der Waals surface area contributed by atoms with Crippen LogP contribution in [0.3, 0.4) is 0 Å². The van der Waals surface area contributed by atoms with E-state index in [1.54, 1.807) is 12.4 Å². The fourth-order valence-electron chi connectivity index (χ4n) is 1.60. The van der Waals surface area contributed by atoms with Crippen molar-refractivity contribution in [3.8, 4) is 5.75 Å². The van der Waals surface area contributed by atoms with Crippen LogP contribution in [-0.2, 0) is 0 Å². The predicted molar refractivity (Wildman–Crippen MR) is 59.6 cm³/mol. The molecule has 2 N–H and O–H groups in total. The minimum Gasteiger partial charge on any atom is -0.488 e. The first kappa shape index (κ1) is 11.9. The molecule has 1 unspecified atom stereocenters. The van der Waals surface area contributed by atoms with E-state index < -0.39 is 0 Å². The lowest BCUT2D eigenvalue weighted by molar-refractivity contribution is 0.205. The van der Waals surface area contributed by atoms with Crippen LogP contribution in [-0.4, -0.2) is 22.1 Å². The van der Waals surface area contributed by atoms with Crippen molar-refractivity contribution in [3.05, 3.63) is 18.7 Å². The monoisotopic (exact) mass is 209 g/mol. The molecule has 1 aromatic heterocycles. The molecule has 1 atom stereocenters. The van der Waals surface area contributed by atoms with Gasteiger partial charge >= 0.3 is 0 Å². The van der Waals surface area contributed by atoms with Crippen molar-refractivity contribution in [2.24, 2.45) is 11.7 Å². The van der Waals surface area contributed by atoms with Crippen molar-refractivity contribution in [2.75, 3.05) is 6.61 Å². The maximum atomic E-state index is 6.10. The Labute approximate surface area is 90.9 Å². The SMILES string of the molecule is CC(C)CC(C)(N)COc1cncnc1. The number of nitrogens with zero attached hydrogens (tertiary/aromatic N) is 2. The smallest absolute Gasteiger partial charge is 0.155 e. The summed E-state index contributed by atoms with van der Waals surface area (Å²) in [4.78, 5) is 7.74. The Morgan fingerprint density at radius 3 is 2.53 bits per heavy atom. The van der Waals surface area contributed by atoms with Gasteiger partial charge in [0.2, 0.25) is 0 Å². The summed E-state index contributed by atoms with van der Waals surface area (Å²) in [5.41, 5.74) is 5.80. The van der Waals surface area contributed by atoms with Gasteiger partial charge in [-0.1, -0.05) is 13.8 Å². The zero-order valence-corrected chi connectivity index (χ0v) is 9.60. The number of aromatic nitrogens is 2. The molecule has 4 nitrogen and oxygen atoms in total. The van der Waals surface area contributed by atoms with E-state index in [-0.39, 0.29) is 5.54 Å². The molecule has 0 saturated carbocycles. The lowest BCUT2D eigenvalue weighted by Crippen LogP contribution is -2.43. The van der Waals surface area contributed by atoms with Gasteiger partial charge in [0.25, 0.3) is 0 Å². The van der Waals surface area contributed by atoms with Crippen LogP contribution in [0.25, 0.3) is 0 Å². The van der Waals surface area contributed by atoms with Gasteiger partial charge in [-0.3, -0.25) is 0 Å². The van der Waals surface area contributed by atoms with E-state index in [9.17, 15) is 0 Å². The summed E-state index contributed by atoms with van der Waals surface area (Å²) in [6.07, 6.45) is 5.68. The molecular formula is C11H19N3O. The number of ether oxygens (including phenoxy) is 1. The molecule has 0 spiro atoms. The highest BCUT2D eigenvalue weighted by Crippen LogP contribution is 2.15. The Morgan fingerprint density at radius 1 is 1.40 bits per heavy atom. The molecule has 84 valence electrons.